The molecule has 0 heterocycles. The SMILES string of the molecule is CCOCc1ccccc1CN=C(N)Nc1ccc(C)c(C)c1. The summed E-state index contributed by atoms with van der Waals surface area (Å²) in [5, 5.41) is 3.14. The maximum atomic E-state index is 6.00. The normalized spacial score (nSPS) is 11.5. The lowest BCUT2D eigenvalue weighted by molar-refractivity contribution is 0.133. The van der Waals surface area contributed by atoms with Crippen molar-refractivity contribution < 1.29 is 4.74 Å². The molecule has 0 radical (unpaired) electrons. The van der Waals surface area contributed by atoms with Crippen molar-refractivity contribution in [3.8, 4) is 0 Å². The predicted octanol–water partition coefficient (Wildman–Crippen LogP) is 3.77. The fraction of sp³-hybridized carbons (Fsp3) is 0.316. The molecule has 0 unspecified atom stereocenters. The molecule has 0 amide bonds. The molecule has 0 aromatic heterocycles. The highest BCUT2D eigenvalue weighted by molar-refractivity contribution is 5.92. The molecule has 4 heteroatoms. The van der Waals surface area contributed by atoms with Crippen LogP contribution in [0.1, 0.15) is 29.2 Å². The van der Waals surface area contributed by atoms with E-state index in [1.807, 2.05) is 25.1 Å². The second-order valence-electron chi connectivity index (χ2n) is 5.53. The number of guanidine groups is 1. The first-order chi connectivity index (χ1) is 11.1. The molecular weight excluding hydrogens is 286 g/mol. The lowest BCUT2D eigenvalue weighted by Crippen LogP contribution is -2.22. The fourth-order valence-electron chi connectivity index (χ4n) is 2.24. The third kappa shape index (κ3) is 5.11. The highest BCUT2D eigenvalue weighted by Gasteiger charge is 2.02. The zero-order valence-electron chi connectivity index (χ0n) is 14.1. The van der Waals surface area contributed by atoms with E-state index in [1.54, 1.807) is 0 Å². The van der Waals surface area contributed by atoms with Gasteiger partial charge in [0.15, 0.2) is 5.96 Å². The lowest BCUT2D eigenvalue weighted by atomic mass is 10.1. The van der Waals surface area contributed by atoms with Gasteiger partial charge in [0.25, 0.3) is 0 Å². The molecule has 2 rings (SSSR count). The van der Waals surface area contributed by atoms with Crippen molar-refractivity contribution in [2.45, 2.75) is 33.9 Å². The van der Waals surface area contributed by atoms with Crippen LogP contribution < -0.4 is 11.1 Å². The maximum absolute atomic E-state index is 6.00. The lowest BCUT2D eigenvalue weighted by Gasteiger charge is -2.10. The first-order valence-electron chi connectivity index (χ1n) is 7.89. The van der Waals surface area contributed by atoms with Gasteiger partial charge in [-0.15, -0.1) is 0 Å². The molecule has 3 N–H and O–H groups in total. The minimum Gasteiger partial charge on any atom is -0.377 e. The summed E-state index contributed by atoms with van der Waals surface area (Å²) < 4.78 is 5.49. The van der Waals surface area contributed by atoms with E-state index in [1.165, 1.54) is 11.1 Å². The molecule has 0 bridgehead atoms. The Balaban J connectivity index is 2.03. The van der Waals surface area contributed by atoms with Gasteiger partial charge in [0, 0.05) is 12.3 Å². The largest absolute Gasteiger partial charge is 0.377 e. The van der Waals surface area contributed by atoms with Crippen molar-refractivity contribution in [2.75, 3.05) is 11.9 Å². The number of nitrogens with zero attached hydrogens (tertiary/aromatic N) is 1. The van der Waals surface area contributed by atoms with Crippen LogP contribution in [0, 0.1) is 13.8 Å². The molecule has 2 aromatic rings. The van der Waals surface area contributed by atoms with Crippen LogP contribution in [-0.2, 0) is 17.9 Å². The number of hydrogen-bond donors (Lipinski definition) is 2. The molecule has 0 saturated heterocycles. The van der Waals surface area contributed by atoms with Gasteiger partial charge in [-0.3, -0.25) is 0 Å². The summed E-state index contributed by atoms with van der Waals surface area (Å²) in [5.41, 5.74) is 11.7. The van der Waals surface area contributed by atoms with E-state index < -0.39 is 0 Å². The summed E-state index contributed by atoms with van der Waals surface area (Å²) in [6.07, 6.45) is 0. The number of nitrogens with one attached hydrogen (secondary N) is 1. The van der Waals surface area contributed by atoms with Crippen LogP contribution in [0.15, 0.2) is 47.5 Å². The Hall–Kier alpha value is -2.33. The number of aryl methyl sites for hydroxylation is 2. The van der Waals surface area contributed by atoms with Crippen LogP contribution in [0.4, 0.5) is 5.69 Å². The maximum Gasteiger partial charge on any atom is 0.193 e. The topological polar surface area (TPSA) is 59.6 Å². The minimum atomic E-state index is 0.416. The molecule has 0 aliphatic heterocycles. The molecule has 0 atom stereocenters. The van der Waals surface area contributed by atoms with Crippen molar-refractivity contribution in [1.29, 1.82) is 0 Å². The molecule has 23 heavy (non-hydrogen) atoms. The first-order valence-corrected chi connectivity index (χ1v) is 7.89. The van der Waals surface area contributed by atoms with Crippen molar-refractivity contribution in [1.82, 2.24) is 0 Å². The van der Waals surface area contributed by atoms with E-state index in [9.17, 15) is 0 Å². The number of nitrogens with two attached hydrogens (primary N) is 1. The number of rotatable bonds is 6. The van der Waals surface area contributed by atoms with E-state index in [0.29, 0.717) is 25.7 Å². The van der Waals surface area contributed by atoms with Crippen LogP contribution in [-0.4, -0.2) is 12.6 Å². The van der Waals surface area contributed by atoms with Gasteiger partial charge in [-0.1, -0.05) is 30.3 Å². The van der Waals surface area contributed by atoms with E-state index in [0.717, 1.165) is 16.8 Å². The van der Waals surface area contributed by atoms with Gasteiger partial charge >= 0.3 is 0 Å². The standard InChI is InChI=1S/C19H25N3O/c1-4-23-13-17-8-6-5-7-16(17)12-21-19(20)22-18-10-9-14(2)15(3)11-18/h5-11H,4,12-13H2,1-3H3,(H3,20,21,22). The molecule has 4 nitrogen and oxygen atoms in total. The number of ether oxygens (including phenoxy) is 1. The highest BCUT2D eigenvalue weighted by atomic mass is 16.5. The van der Waals surface area contributed by atoms with Crippen LogP contribution in [0.3, 0.4) is 0 Å². The molecule has 2 aromatic carbocycles. The minimum absolute atomic E-state index is 0.416. The molecule has 0 saturated carbocycles. The van der Waals surface area contributed by atoms with Crippen LogP contribution in [0.25, 0.3) is 0 Å². The summed E-state index contributed by atoms with van der Waals surface area (Å²) in [6, 6.07) is 14.3. The zero-order chi connectivity index (χ0) is 16.7. The third-order valence-corrected chi connectivity index (χ3v) is 3.78. The predicted molar refractivity (Wildman–Crippen MR) is 96.6 cm³/mol. The summed E-state index contributed by atoms with van der Waals surface area (Å²) in [4.78, 5) is 4.44. The smallest absolute Gasteiger partial charge is 0.193 e. The van der Waals surface area contributed by atoms with Gasteiger partial charge in [-0.2, -0.15) is 0 Å². The Labute approximate surface area is 138 Å². The summed E-state index contributed by atoms with van der Waals surface area (Å²) in [7, 11) is 0. The van der Waals surface area contributed by atoms with Crippen molar-refractivity contribution in [3.63, 3.8) is 0 Å². The van der Waals surface area contributed by atoms with E-state index >= 15 is 0 Å². The molecule has 0 aliphatic carbocycles. The quantitative estimate of drug-likeness (QED) is 0.630. The van der Waals surface area contributed by atoms with E-state index in [2.05, 4.69) is 48.4 Å². The summed E-state index contributed by atoms with van der Waals surface area (Å²) in [6.45, 7) is 8.00. The monoisotopic (exact) mass is 311 g/mol. The van der Waals surface area contributed by atoms with E-state index in [4.69, 9.17) is 10.5 Å². The van der Waals surface area contributed by atoms with E-state index in [-0.39, 0.29) is 0 Å². The second kappa shape index (κ2) is 8.34. The molecule has 0 spiro atoms. The Bertz CT molecular complexity index is 680. The Morgan fingerprint density at radius 1 is 1.09 bits per heavy atom. The zero-order valence-corrected chi connectivity index (χ0v) is 14.1. The van der Waals surface area contributed by atoms with Gasteiger partial charge in [0.1, 0.15) is 0 Å². The number of anilines is 1. The Morgan fingerprint density at radius 2 is 1.83 bits per heavy atom. The number of aliphatic imine (C=N–C) groups is 1. The molecule has 122 valence electrons. The van der Waals surface area contributed by atoms with Gasteiger partial charge < -0.3 is 15.8 Å². The van der Waals surface area contributed by atoms with Gasteiger partial charge in [-0.05, 0) is 55.2 Å². The Kier molecular flexibility index (Phi) is 6.18. The van der Waals surface area contributed by atoms with Crippen LogP contribution >= 0.6 is 0 Å². The van der Waals surface area contributed by atoms with Gasteiger partial charge in [-0.25, -0.2) is 4.99 Å². The van der Waals surface area contributed by atoms with Crippen molar-refractivity contribution >= 4 is 11.6 Å². The highest BCUT2D eigenvalue weighted by Crippen LogP contribution is 2.14. The average Bonchev–Trinajstić information content (AvgIpc) is 2.55. The summed E-state index contributed by atoms with van der Waals surface area (Å²) in [5.74, 6) is 0.416. The van der Waals surface area contributed by atoms with Crippen molar-refractivity contribution in [3.05, 3.63) is 64.7 Å². The van der Waals surface area contributed by atoms with Crippen LogP contribution in [0.2, 0.25) is 0 Å². The van der Waals surface area contributed by atoms with Crippen LogP contribution in [0.5, 0.6) is 0 Å². The first kappa shape index (κ1) is 17.0. The number of benzene rings is 2. The van der Waals surface area contributed by atoms with Gasteiger partial charge in [0.2, 0.25) is 0 Å². The molecule has 0 fully saturated rings. The second-order valence-corrected chi connectivity index (χ2v) is 5.53. The Morgan fingerprint density at radius 3 is 2.52 bits per heavy atom. The number of hydrogen-bond acceptors (Lipinski definition) is 2. The average molecular weight is 311 g/mol. The third-order valence-electron chi connectivity index (χ3n) is 3.78. The fourth-order valence-corrected chi connectivity index (χ4v) is 2.24. The van der Waals surface area contributed by atoms with Gasteiger partial charge in [0.05, 0.1) is 13.2 Å². The van der Waals surface area contributed by atoms with Crippen molar-refractivity contribution in [2.24, 2.45) is 10.7 Å². The molecule has 0 aliphatic rings. The molecular formula is C19H25N3O. The summed E-state index contributed by atoms with van der Waals surface area (Å²) >= 11 is 0.